The van der Waals surface area contributed by atoms with Crippen molar-refractivity contribution in [3.63, 3.8) is 0 Å². The summed E-state index contributed by atoms with van der Waals surface area (Å²) in [6, 6.07) is 5.85. The number of carbonyl (C=O) groups excluding carboxylic acids is 1. The number of aromatic amines is 1. The molecule has 3 aromatic rings. The highest BCUT2D eigenvalue weighted by Gasteiger charge is 2.19. The van der Waals surface area contributed by atoms with Crippen molar-refractivity contribution in [1.82, 2.24) is 25.5 Å². The van der Waals surface area contributed by atoms with Gasteiger partial charge in [0.15, 0.2) is 5.82 Å². The molecule has 0 aliphatic heterocycles. The third kappa shape index (κ3) is 3.27. The van der Waals surface area contributed by atoms with Crippen LogP contribution in [0.25, 0.3) is 11.4 Å². The Hall–Kier alpha value is -3.42. The molecule has 128 valence electrons. The van der Waals surface area contributed by atoms with E-state index in [0.29, 0.717) is 11.6 Å². The molecule has 1 amide bonds. The number of hydrogen-bond donors (Lipinski definition) is 4. The van der Waals surface area contributed by atoms with Gasteiger partial charge in [0.25, 0.3) is 5.91 Å². The number of rotatable bonds is 4. The summed E-state index contributed by atoms with van der Waals surface area (Å²) >= 11 is 0. The van der Waals surface area contributed by atoms with Crippen LogP contribution in [0.15, 0.2) is 36.7 Å². The van der Waals surface area contributed by atoms with Crippen LogP contribution in [0.5, 0.6) is 11.5 Å². The molecule has 8 nitrogen and oxygen atoms in total. The minimum absolute atomic E-state index is 0.0701. The van der Waals surface area contributed by atoms with Crippen molar-refractivity contribution >= 4 is 5.91 Å². The Morgan fingerprint density at radius 1 is 1.20 bits per heavy atom. The molecule has 0 aliphatic carbocycles. The molecule has 0 fully saturated rings. The lowest BCUT2D eigenvalue weighted by atomic mass is 10.1. The molecule has 1 atom stereocenters. The Bertz CT molecular complexity index is 908. The van der Waals surface area contributed by atoms with Crippen LogP contribution in [-0.2, 0) is 0 Å². The van der Waals surface area contributed by atoms with Crippen molar-refractivity contribution in [3.05, 3.63) is 53.6 Å². The highest BCUT2D eigenvalue weighted by Crippen LogP contribution is 2.29. The minimum Gasteiger partial charge on any atom is -0.508 e. The summed E-state index contributed by atoms with van der Waals surface area (Å²) < 4.78 is 0. The Balaban J connectivity index is 1.77. The fraction of sp³-hybridized carbons (Fsp3) is 0.176. The number of hydrogen-bond acceptors (Lipinski definition) is 6. The second kappa shape index (κ2) is 6.60. The number of phenols is 2. The molecule has 1 aromatic carbocycles. The molecule has 3 rings (SSSR count). The first kappa shape index (κ1) is 16.4. The molecule has 8 heteroatoms. The van der Waals surface area contributed by atoms with Gasteiger partial charge in [-0.15, -0.1) is 0 Å². The van der Waals surface area contributed by atoms with E-state index in [2.05, 4.69) is 25.5 Å². The molecule has 2 heterocycles. The predicted octanol–water partition coefficient (Wildman–Crippen LogP) is 2.08. The first-order chi connectivity index (χ1) is 12.0. The van der Waals surface area contributed by atoms with Gasteiger partial charge in [-0.3, -0.25) is 14.9 Å². The number of pyridine rings is 1. The van der Waals surface area contributed by atoms with Gasteiger partial charge in [0.05, 0.1) is 11.6 Å². The van der Waals surface area contributed by atoms with Crippen molar-refractivity contribution in [2.45, 2.75) is 19.9 Å². The largest absolute Gasteiger partial charge is 0.508 e. The molecule has 0 unspecified atom stereocenters. The van der Waals surface area contributed by atoms with Crippen molar-refractivity contribution < 1.29 is 15.0 Å². The Kier molecular flexibility index (Phi) is 4.34. The molecule has 0 radical (unpaired) electrons. The first-order valence-electron chi connectivity index (χ1n) is 7.62. The molecule has 0 spiro atoms. The van der Waals surface area contributed by atoms with Crippen molar-refractivity contribution in [2.24, 2.45) is 0 Å². The summed E-state index contributed by atoms with van der Waals surface area (Å²) in [6.45, 7) is 3.28. The first-order valence-corrected chi connectivity index (χ1v) is 7.62. The number of amides is 1. The van der Waals surface area contributed by atoms with E-state index in [4.69, 9.17) is 0 Å². The zero-order valence-corrected chi connectivity index (χ0v) is 13.7. The zero-order chi connectivity index (χ0) is 18.0. The molecule has 0 bridgehead atoms. The fourth-order valence-corrected chi connectivity index (χ4v) is 2.31. The predicted molar refractivity (Wildman–Crippen MR) is 90.0 cm³/mol. The second-order valence-corrected chi connectivity index (χ2v) is 5.58. The van der Waals surface area contributed by atoms with E-state index in [9.17, 15) is 15.0 Å². The highest BCUT2D eigenvalue weighted by molar-refractivity contribution is 5.97. The van der Waals surface area contributed by atoms with E-state index in [1.165, 1.54) is 19.1 Å². The zero-order valence-electron chi connectivity index (χ0n) is 13.7. The van der Waals surface area contributed by atoms with Gasteiger partial charge < -0.3 is 15.5 Å². The van der Waals surface area contributed by atoms with Crippen LogP contribution in [0.2, 0.25) is 0 Å². The lowest BCUT2D eigenvalue weighted by molar-refractivity contribution is 0.0935. The third-order valence-corrected chi connectivity index (χ3v) is 3.85. The fourth-order valence-electron chi connectivity index (χ4n) is 2.31. The summed E-state index contributed by atoms with van der Waals surface area (Å²) in [4.78, 5) is 20.7. The molecular formula is C17H17N5O3. The standard InChI is InChI=1S/C17H17N5O3/c1-9-13(23)4-3-12(14(9)24)17(25)19-10(2)15-20-16(22-21-15)11-5-7-18-8-6-11/h3-8,10,23-24H,1-2H3,(H,19,25)(H,20,21,22)/t10-/m0/s1. The smallest absolute Gasteiger partial charge is 0.255 e. The molecule has 25 heavy (non-hydrogen) atoms. The Morgan fingerprint density at radius 3 is 2.64 bits per heavy atom. The van der Waals surface area contributed by atoms with Crippen LogP contribution < -0.4 is 5.32 Å². The lowest BCUT2D eigenvalue weighted by Crippen LogP contribution is -2.27. The van der Waals surface area contributed by atoms with Crippen LogP contribution >= 0.6 is 0 Å². The maximum absolute atomic E-state index is 12.4. The topological polar surface area (TPSA) is 124 Å². The summed E-state index contributed by atoms with van der Waals surface area (Å²) in [5.41, 5.74) is 1.14. The van der Waals surface area contributed by atoms with E-state index in [1.54, 1.807) is 31.5 Å². The van der Waals surface area contributed by atoms with Gasteiger partial charge >= 0.3 is 0 Å². The van der Waals surface area contributed by atoms with E-state index >= 15 is 0 Å². The number of phenolic OH excluding ortho intramolecular Hbond substituents is 2. The minimum atomic E-state index is -0.477. The highest BCUT2D eigenvalue weighted by atomic mass is 16.3. The number of nitrogens with one attached hydrogen (secondary N) is 2. The molecule has 0 aliphatic rings. The molecule has 0 saturated heterocycles. The summed E-state index contributed by atoms with van der Waals surface area (Å²) in [6.07, 6.45) is 3.29. The Morgan fingerprint density at radius 2 is 1.92 bits per heavy atom. The SMILES string of the molecule is Cc1c(O)ccc(C(=O)N[C@@H](C)c2nc(-c3ccncc3)n[nH]2)c1O. The van der Waals surface area contributed by atoms with Crippen molar-refractivity contribution in [1.29, 1.82) is 0 Å². The van der Waals surface area contributed by atoms with Crippen LogP contribution in [0.3, 0.4) is 0 Å². The molecule has 2 aromatic heterocycles. The van der Waals surface area contributed by atoms with E-state index in [-0.39, 0.29) is 22.6 Å². The maximum atomic E-state index is 12.4. The monoisotopic (exact) mass is 339 g/mol. The lowest BCUT2D eigenvalue weighted by Gasteiger charge is -2.13. The van der Waals surface area contributed by atoms with Gasteiger partial charge in [0.2, 0.25) is 0 Å². The van der Waals surface area contributed by atoms with E-state index in [1.807, 2.05) is 0 Å². The van der Waals surface area contributed by atoms with Crippen molar-refractivity contribution in [3.8, 4) is 22.9 Å². The van der Waals surface area contributed by atoms with Crippen LogP contribution in [-0.4, -0.2) is 36.3 Å². The third-order valence-electron chi connectivity index (χ3n) is 3.85. The quantitative estimate of drug-likeness (QED) is 0.577. The molecule has 0 saturated carbocycles. The average molecular weight is 339 g/mol. The van der Waals surface area contributed by atoms with Gasteiger partial charge in [-0.05, 0) is 38.1 Å². The number of nitrogens with zero attached hydrogens (tertiary/aromatic N) is 3. The number of aromatic nitrogens is 4. The molecular weight excluding hydrogens is 322 g/mol. The van der Waals surface area contributed by atoms with Gasteiger partial charge in [0, 0.05) is 23.5 Å². The normalized spacial score (nSPS) is 11.9. The number of carbonyl (C=O) groups is 1. The van der Waals surface area contributed by atoms with Crippen LogP contribution in [0, 0.1) is 6.92 Å². The maximum Gasteiger partial charge on any atom is 0.255 e. The summed E-state index contributed by atoms with van der Waals surface area (Å²) in [7, 11) is 0. The van der Waals surface area contributed by atoms with E-state index in [0.717, 1.165) is 5.56 Å². The van der Waals surface area contributed by atoms with Gasteiger partial charge in [-0.25, -0.2) is 4.98 Å². The summed E-state index contributed by atoms with van der Waals surface area (Å²) in [5.74, 6) is 0.186. The Labute approximate surface area is 143 Å². The van der Waals surface area contributed by atoms with Gasteiger partial charge in [-0.2, -0.15) is 5.10 Å². The number of H-pyrrole nitrogens is 1. The van der Waals surface area contributed by atoms with Gasteiger partial charge in [0.1, 0.15) is 17.3 Å². The van der Waals surface area contributed by atoms with Crippen LogP contribution in [0.1, 0.15) is 34.7 Å². The number of benzene rings is 1. The summed E-state index contributed by atoms with van der Waals surface area (Å²) in [5, 5.41) is 29.2. The van der Waals surface area contributed by atoms with Gasteiger partial charge in [-0.1, -0.05) is 0 Å². The second-order valence-electron chi connectivity index (χ2n) is 5.58. The average Bonchev–Trinajstić information content (AvgIpc) is 3.10. The number of aromatic hydroxyl groups is 2. The molecule has 4 N–H and O–H groups in total. The van der Waals surface area contributed by atoms with Crippen LogP contribution in [0.4, 0.5) is 0 Å². The van der Waals surface area contributed by atoms with E-state index < -0.39 is 11.9 Å². The van der Waals surface area contributed by atoms with Crippen molar-refractivity contribution in [2.75, 3.05) is 0 Å².